The molecule has 0 aliphatic carbocycles. The first-order valence-corrected chi connectivity index (χ1v) is 5.72. The van der Waals surface area contributed by atoms with Crippen LogP contribution in [0.4, 0.5) is 18.9 Å². The lowest BCUT2D eigenvalue weighted by atomic mass is 10.1. The summed E-state index contributed by atoms with van der Waals surface area (Å²) in [5, 5.41) is 9.37. The summed E-state index contributed by atoms with van der Waals surface area (Å²) in [6, 6.07) is 3.84. The molecule has 1 fully saturated rings. The van der Waals surface area contributed by atoms with Crippen molar-refractivity contribution in [1.29, 1.82) is 0 Å². The van der Waals surface area contributed by atoms with Crippen molar-refractivity contribution >= 4 is 5.69 Å². The molecule has 2 rings (SSSR count). The van der Waals surface area contributed by atoms with Gasteiger partial charge in [0.2, 0.25) is 0 Å². The molecule has 1 heterocycles. The summed E-state index contributed by atoms with van der Waals surface area (Å²) < 4.78 is 38.6. The average molecular weight is 260 g/mol. The van der Waals surface area contributed by atoms with Crippen LogP contribution >= 0.6 is 0 Å². The molecule has 0 bridgehead atoms. The van der Waals surface area contributed by atoms with E-state index in [4.69, 9.17) is 5.73 Å². The van der Waals surface area contributed by atoms with Gasteiger partial charge in [0.05, 0.1) is 11.7 Å². The molecule has 100 valence electrons. The van der Waals surface area contributed by atoms with E-state index in [1.165, 1.54) is 12.1 Å². The minimum absolute atomic E-state index is 0.104. The van der Waals surface area contributed by atoms with E-state index in [-0.39, 0.29) is 17.8 Å². The molecule has 1 aliphatic heterocycles. The smallest absolute Gasteiger partial charge is 0.399 e. The third-order valence-electron chi connectivity index (χ3n) is 3.08. The topological polar surface area (TPSA) is 49.5 Å². The van der Waals surface area contributed by atoms with Crippen LogP contribution in [0.3, 0.4) is 0 Å². The van der Waals surface area contributed by atoms with Crippen LogP contribution in [0, 0.1) is 0 Å². The van der Waals surface area contributed by atoms with E-state index in [0.29, 0.717) is 19.5 Å². The fourth-order valence-electron chi connectivity index (χ4n) is 2.19. The summed E-state index contributed by atoms with van der Waals surface area (Å²) in [7, 11) is 0. The summed E-state index contributed by atoms with van der Waals surface area (Å²) >= 11 is 0. The van der Waals surface area contributed by atoms with Crippen LogP contribution in [0.5, 0.6) is 0 Å². The molecule has 1 saturated heterocycles. The van der Waals surface area contributed by atoms with Crippen molar-refractivity contribution < 1.29 is 18.3 Å². The van der Waals surface area contributed by atoms with E-state index in [9.17, 15) is 18.3 Å². The van der Waals surface area contributed by atoms with Crippen LogP contribution in [-0.2, 0) is 12.7 Å². The van der Waals surface area contributed by atoms with Crippen molar-refractivity contribution in [2.75, 3.05) is 18.8 Å². The maximum Gasteiger partial charge on any atom is 0.416 e. The average Bonchev–Trinajstić information content (AvgIpc) is 2.65. The van der Waals surface area contributed by atoms with Crippen LogP contribution in [0.1, 0.15) is 17.5 Å². The van der Waals surface area contributed by atoms with Gasteiger partial charge in [-0.15, -0.1) is 0 Å². The van der Waals surface area contributed by atoms with E-state index >= 15 is 0 Å². The van der Waals surface area contributed by atoms with Gasteiger partial charge in [0.15, 0.2) is 0 Å². The van der Waals surface area contributed by atoms with Crippen molar-refractivity contribution in [2.45, 2.75) is 25.2 Å². The first-order chi connectivity index (χ1) is 8.36. The molecule has 0 amide bonds. The third kappa shape index (κ3) is 2.94. The minimum Gasteiger partial charge on any atom is -0.399 e. The van der Waals surface area contributed by atoms with Crippen molar-refractivity contribution in [3.8, 4) is 0 Å². The molecular weight excluding hydrogens is 245 g/mol. The van der Waals surface area contributed by atoms with E-state index in [0.717, 1.165) is 6.07 Å². The molecular formula is C12H15F3N2O. The summed E-state index contributed by atoms with van der Waals surface area (Å²) in [6.45, 7) is 1.22. The predicted molar refractivity (Wildman–Crippen MR) is 61.8 cm³/mol. The SMILES string of the molecule is Nc1ccc(CN2CCC(O)C2)c(C(F)(F)F)c1. The highest BCUT2D eigenvalue weighted by atomic mass is 19.4. The van der Waals surface area contributed by atoms with Gasteiger partial charge in [0.1, 0.15) is 0 Å². The maximum absolute atomic E-state index is 12.9. The van der Waals surface area contributed by atoms with E-state index in [1.807, 2.05) is 4.90 Å². The number of benzene rings is 1. The molecule has 1 unspecified atom stereocenters. The number of rotatable bonds is 2. The Morgan fingerprint density at radius 1 is 1.39 bits per heavy atom. The van der Waals surface area contributed by atoms with Gasteiger partial charge in [-0.1, -0.05) is 6.07 Å². The van der Waals surface area contributed by atoms with Crippen molar-refractivity contribution in [3.05, 3.63) is 29.3 Å². The van der Waals surface area contributed by atoms with Crippen molar-refractivity contribution in [3.63, 3.8) is 0 Å². The summed E-state index contributed by atoms with van der Waals surface area (Å²) in [4.78, 5) is 1.81. The fourth-order valence-corrected chi connectivity index (χ4v) is 2.19. The third-order valence-corrected chi connectivity index (χ3v) is 3.08. The Kier molecular flexibility index (Phi) is 3.49. The largest absolute Gasteiger partial charge is 0.416 e. The second kappa shape index (κ2) is 4.78. The zero-order valence-corrected chi connectivity index (χ0v) is 9.74. The van der Waals surface area contributed by atoms with Crippen LogP contribution < -0.4 is 5.73 Å². The molecule has 3 nitrogen and oxygen atoms in total. The van der Waals surface area contributed by atoms with Gasteiger partial charge < -0.3 is 10.8 Å². The number of alkyl halides is 3. The maximum atomic E-state index is 12.9. The molecule has 3 N–H and O–H groups in total. The van der Waals surface area contributed by atoms with Crippen LogP contribution in [0.15, 0.2) is 18.2 Å². The molecule has 18 heavy (non-hydrogen) atoms. The molecule has 0 radical (unpaired) electrons. The summed E-state index contributed by atoms with van der Waals surface area (Å²) in [5.74, 6) is 0. The van der Waals surface area contributed by atoms with E-state index in [2.05, 4.69) is 0 Å². The van der Waals surface area contributed by atoms with E-state index < -0.39 is 17.8 Å². The fraction of sp³-hybridized carbons (Fsp3) is 0.500. The molecule has 0 saturated carbocycles. The number of nitrogens with two attached hydrogens (primary N) is 1. The quantitative estimate of drug-likeness (QED) is 0.798. The monoisotopic (exact) mass is 260 g/mol. The highest BCUT2D eigenvalue weighted by Gasteiger charge is 2.34. The van der Waals surface area contributed by atoms with Crippen LogP contribution in [-0.4, -0.2) is 29.2 Å². The standard InChI is InChI=1S/C12H15F3N2O/c13-12(14,15)11-5-9(16)2-1-8(11)6-17-4-3-10(18)7-17/h1-2,5,10,18H,3-4,6-7,16H2. The second-order valence-electron chi connectivity index (χ2n) is 4.59. The van der Waals surface area contributed by atoms with Gasteiger partial charge in [-0.2, -0.15) is 13.2 Å². The van der Waals surface area contributed by atoms with Crippen LogP contribution in [0.2, 0.25) is 0 Å². The zero-order valence-electron chi connectivity index (χ0n) is 9.74. The van der Waals surface area contributed by atoms with Gasteiger partial charge in [-0.3, -0.25) is 4.90 Å². The number of halogens is 3. The summed E-state index contributed by atoms with van der Waals surface area (Å²) in [5.41, 5.74) is 5.01. The Hall–Kier alpha value is -1.27. The summed E-state index contributed by atoms with van der Waals surface area (Å²) in [6.07, 6.45) is -4.23. The number of hydrogen-bond donors (Lipinski definition) is 2. The Morgan fingerprint density at radius 2 is 2.11 bits per heavy atom. The van der Waals surface area contributed by atoms with Gasteiger partial charge >= 0.3 is 6.18 Å². The second-order valence-corrected chi connectivity index (χ2v) is 4.59. The normalized spacial score (nSPS) is 21.4. The number of nitrogens with zero attached hydrogens (tertiary/aromatic N) is 1. The minimum atomic E-state index is -4.40. The number of anilines is 1. The molecule has 6 heteroatoms. The lowest BCUT2D eigenvalue weighted by molar-refractivity contribution is -0.138. The number of aliphatic hydroxyl groups excluding tert-OH is 1. The molecule has 0 aromatic heterocycles. The number of likely N-dealkylation sites (tertiary alicyclic amines) is 1. The number of nitrogen functional groups attached to an aromatic ring is 1. The van der Waals surface area contributed by atoms with Gasteiger partial charge in [0.25, 0.3) is 0 Å². The lowest BCUT2D eigenvalue weighted by Gasteiger charge is -2.19. The van der Waals surface area contributed by atoms with Crippen molar-refractivity contribution in [2.24, 2.45) is 0 Å². The number of aliphatic hydroxyl groups is 1. The Bertz CT molecular complexity index is 434. The number of hydrogen-bond acceptors (Lipinski definition) is 3. The first kappa shape index (κ1) is 13.2. The molecule has 1 aromatic carbocycles. The van der Waals surface area contributed by atoms with Crippen molar-refractivity contribution in [1.82, 2.24) is 4.90 Å². The zero-order chi connectivity index (χ0) is 13.3. The van der Waals surface area contributed by atoms with Gasteiger partial charge in [-0.25, -0.2) is 0 Å². The number of β-amino-alcohol motifs (C(OH)–C–C–N with tert-alkyl or cyclic N) is 1. The van der Waals surface area contributed by atoms with Gasteiger partial charge in [-0.05, 0) is 24.1 Å². The Balaban J connectivity index is 2.22. The first-order valence-electron chi connectivity index (χ1n) is 5.72. The Morgan fingerprint density at radius 3 is 2.67 bits per heavy atom. The molecule has 1 aliphatic rings. The van der Waals surface area contributed by atoms with Gasteiger partial charge in [0, 0.05) is 25.3 Å². The Labute approximate surface area is 103 Å². The predicted octanol–water partition coefficient (Wildman–Crippen LogP) is 1.85. The highest BCUT2D eigenvalue weighted by molar-refractivity contribution is 5.46. The molecule has 1 atom stereocenters. The van der Waals surface area contributed by atoms with E-state index in [1.54, 1.807) is 0 Å². The molecule has 1 aromatic rings. The highest BCUT2D eigenvalue weighted by Crippen LogP contribution is 2.34. The lowest BCUT2D eigenvalue weighted by Crippen LogP contribution is -2.23. The van der Waals surface area contributed by atoms with Crippen LogP contribution in [0.25, 0.3) is 0 Å². The molecule has 0 spiro atoms.